The standard InChI is InChI=1S/C11H10N2O3S/c1-16-7-4-2-3-6(5-7)9-8(12)10(11(14)15)17-13-9/h2-5H,12H2,1H3,(H,14,15). The van der Waals surface area contributed by atoms with Crippen molar-refractivity contribution >= 4 is 23.2 Å². The normalized spacial score (nSPS) is 10.2. The predicted octanol–water partition coefficient (Wildman–Crippen LogP) is 2.10. The van der Waals surface area contributed by atoms with Crippen LogP contribution in [-0.2, 0) is 0 Å². The molecule has 0 saturated carbocycles. The molecule has 3 N–H and O–H groups in total. The van der Waals surface area contributed by atoms with Gasteiger partial charge in [-0.2, -0.15) is 4.37 Å². The van der Waals surface area contributed by atoms with Gasteiger partial charge in [0, 0.05) is 5.56 Å². The summed E-state index contributed by atoms with van der Waals surface area (Å²) in [5.41, 5.74) is 7.16. The summed E-state index contributed by atoms with van der Waals surface area (Å²) < 4.78 is 9.15. The summed E-state index contributed by atoms with van der Waals surface area (Å²) in [7, 11) is 1.56. The van der Waals surface area contributed by atoms with Gasteiger partial charge >= 0.3 is 5.97 Å². The molecule has 0 atom stereocenters. The van der Waals surface area contributed by atoms with Crippen molar-refractivity contribution in [2.24, 2.45) is 0 Å². The first-order valence-corrected chi connectivity index (χ1v) is 5.53. The number of anilines is 1. The van der Waals surface area contributed by atoms with Crippen LogP contribution in [0.15, 0.2) is 24.3 Å². The lowest BCUT2D eigenvalue weighted by Gasteiger charge is -2.02. The van der Waals surface area contributed by atoms with E-state index in [1.54, 1.807) is 31.4 Å². The van der Waals surface area contributed by atoms with Gasteiger partial charge in [0.25, 0.3) is 0 Å². The van der Waals surface area contributed by atoms with Crippen LogP contribution in [0, 0.1) is 0 Å². The quantitative estimate of drug-likeness (QED) is 0.871. The van der Waals surface area contributed by atoms with Gasteiger partial charge in [-0.1, -0.05) is 12.1 Å². The largest absolute Gasteiger partial charge is 0.497 e. The summed E-state index contributed by atoms with van der Waals surface area (Å²) in [6, 6.07) is 7.16. The first kappa shape index (κ1) is 11.4. The zero-order valence-corrected chi connectivity index (χ0v) is 9.82. The molecule has 0 amide bonds. The monoisotopic (exact) mass is 250 g/mol. The van der Waals surface area contributed by atoms with Crippen molar-refractivity contribution in [3.05, 3.63) is 29.1 Å². The molecule has 88 valence electrons. The number of methoxy groups -OCH3 is 1. The Morgan fingerprint density at radius 1 is 1.53 bits per heavy atom. The fourth-order valence-electron chi connectivity index (χ4n) is 1.43. The first-order valence-electron chi connectivity index (χ1n) is 4.76. The molecule has 0 aliphatic heterocycles. The Bertz CT molecular complexity index is 566. The highest BCUT2D eigenvalue weighted by molar-refractivity contribution is 7.09. The molecule has 1 aromatic carbocycles. The van der Waals surface area contributed by atoms with E-state index in [1.807, 2.05) is 0 Å². The van der Waals surface area contributed by atoms with E-state index >= 15 is 0 Å². The van der Waals surface area contributed by atoms with Gasteiger partial charge in [-0.3, -0.25) is 0 Å². The number of aromatic carboxylic acids is 1. The lowest BCUT2D eigenvalue weighted by molar-refractivity contribution is 0.0703. The SMILES string of the molecule is COc1cccc(-c2nsc(C(=O)O)c2N)c1. The van der Waals surface area contributed by atoms with Crippen LogP contribution >= 0.6 is 11.5 Å². The Balaban J connectivity index is 2.49. The summed E-state index contributed by atoms with van der Waals surface area (Å²) in [6.45, 7) is 0. The van der Waals surface area contributed by atoms with E-state index < -0.39 is 5.97 Å². The van der Waals surface area contributed by atoms with E-state index in [-0.39, 0.29) is 10.6 Å². The van der Waals surface area contributed by atoms with Gasteiger partial charge in [-0.25, -0.2) is 4.79 Å². The second-order valence-corrected chi connectivity index (χ2v) is 4.08. The second kappa shape index (κ2) is 4.42. The number of carboxylic acid groups (broad SMARTS) is 1. The number of hydrogen-bond donors (Lipinski definition) is 2. The molecule has 0 fully saturated rings. The highest BCUT2D eigenvalue weighted by Gasteiger charge is 2.17. The Hall–Kier alpha value is -2.08. The number of ether oxygens (including phenoxy) is 1. The van der Waals surface area contributed by atoms with Crippen LogP contribution in [0.2, 0.25) is 0 Å². The van der Waals surface area contributed by atoms with Crippen molar-refractivity contribution in [2.45, 2.75) is 0 Å². The van der Waals surface area contributed by atoms with Gasteiger partial charge in [0.05, 0.1) is 12.8 Å². The van der Waals surface area contributed by atoms with Crippen molar-refractivity contribution in [1.29, 1.82) is 0 Å². The van der Waals surface area contributed by atoms with Crippen LogP contribution in [0.1, 0.15) is 9.67 Å². The summed E-state index contributed by atoms with van der Waals surface area (Å²) in [6.07, 6.45) is 0. The maximum atomic E-state index is 10.9. The molecule has 0 unspecified atom stereocenters. The van der Waals surface area contributed by atoms with Crippen LogP contribution in [0.25, 0.3) is 11.3 Å². The molecule has 17 heavy (non-hydrogen) atoms. The highest BCUT2D eigenvalue weighted by atomic mass is 32.1. The molecule has 0 bridgehead atoms. The molecule has 0 aliphatic rings. The van der Waals surface area contributed by atoms with Crippen molar-refractivity contribution in [1.82, 2.24) is 4.37 Å². The number of nitrogens with two attached hydrogens (primary N) is 1. The Morgan fingerprint density at radius 2 is 2.29 bits per heavy atom. The summed E-state index contributed by atoms with van der Waals surface area (Å²) >= 11 is 0.877. The number of aromatic nitrogens is 1. The molecule has 0 spiro atoms. The minimum atomic E-state index is -1.06. The summed E-state index contributed by atoms with van der Waals surface area (Å²) in [5, 5.41) is 8.89. The van der Waals surface area contributed by atoms with E-state index in [0.717, 1.165) is 17.1 Å². The molecular formula is C11H10N2O3S. The van der Waals surface area contributed by atoms with Gasteiger partial charge in [-0.15, -0.1) is 0 Å². The molecule has 5 nitrogen and oxygen atoms in total. The van der Waals surface area contributed by atoms with Crippen LogP contribution in [-0.4, -0.2) is 22.6 Å². The van der Waals surface area contributed by atoms with Gasteiger partial charge in [-0.05, 0) is 23.7 Å². The Morgan fingerprint density at radius 3 is 2.88 bits per heavy atom. The molecule has 2 aromatic rings. The number of nitrogen functional groups attached to an aromatic ring is 1. The number of carbonyl (C=O) groups is 1. The van der Waals surface area contributed by atoms with Crippen LogP contribution in [0.4, 0.5) is 5.69 Å². The molecule has 6 heteroatoms. The third kappa shape index (κ3) is 2.07. The molecule has 0 saturated heterocycles. The number of carboxylic acids is 1. The van der Waals surface area contributed by atoms with E-state index in [4.69, 9.17) is 15.6 Å². The highest BCUT2D eigenvalue weighted by Crippen LogP contribution is 2.32. The molecule has 0 aliphatic carbocycles. The van der Waals surface area contributed by atoms with Crippen LogP contribution in [0.5, 0.6) is 5.75 Å². The van der Waals surface area contributed by atoms with Gasteiger partial charge in [0.15, 0.2) is 4.88 Å². The van der Waals surface area contributed by atoms with Crippen molar-refractivity contribution in [3.8, 4) is 17.0 Å². The number of hydrogen-bond acceptors (Lipinski definition) is 5. The maximum absolute atomic E-state index is 10.9. The maximum Gasteiger partial charge on any atom is 0.349 e. The fourth-order valence-corrected chi connectivity index (χ4v) is 2.09. The van der Waals surface area contributed by atoms with Crippen molar-refractivity contribution in [2.75, 3.05) is 12.8 Å². The summed E-state index contributed by atoms with van der Waals surface area (Å²) in [4.78, 5) is 10.9. The third-order valence-corrected chi connectivity index (χ3v) is 3.12. The van der Waals surface area contributed by atoms with Gasteiger partial charge < -0.3 is 15.6 Å². The van der Waals surface area contributed by atoms with Crippen molar-refractivity contribution in [3.63, 3.8) is 0 Å². The molecule has 1 heterocycles. The lowest BCUT2D eigenvalue weighted by atomic mass is 10.1. The second-order valence-electron chi connectivity index (χ2n) is 3.31. The van der Waals surface area contributed by atoms with E-state index in [1.165, 1.54) is 0 Å². The fraction of sp³-hybridized carbons (Fsp3) is 0.0909. The number of benzene rings is 1. The molecular weight excluding hydrogens is 240 g/mol. The minimum Gasteiger partial charge on any atom is -0.497 e. The lowest BCUT2D eigenvalue weighted by Crippen LogP contribution is -1.98. The number of nitrogens with zero attached hydrogens (tertiary/aromatic N) is 1. The number of rotatable bonds is 3. The van der Waals surface area contributed by atoms with E-state index in [0.29, 0.717) is 11.4 Å². The van der Waals surface area contributed by atoms with Gasteiger partial charge in [0.1, 0.15) is 11.4 Å². The molecule has 2 rings (SSSR count). The summed E-state index contributed by atoms with van der Waals surface area (Å²) in [5.74, 6) is -0.388. The zero-order valence-electron chi connectivity index (χ0n) is 9.01. The van der Waals surface area contributed by atoms with Crippen molar-refractivity contribution < 1.29 is 14.6 Å². The topological polar surface area (TPSA) is 85.4 Å². The van der Waals surface area contributed by atoms with Crippen LogP contribution in [0.3, 0.4) is 0 Å². The Kier molecular flexibility index (Phi) is 2.97. The van der Waals surface area contributed by atoms with Gasteiger partial charge in [0.2, 0.25) is 0 Å². The predicted molar refractivity (Wildman–Crippen MR) is 65.5 cm³/mol. The smallest absolute Gasteiger partial charge is 0.349 e. The zero-order chi connectivity index (χ0) is 12.4. The van der Waals surface area contributed by atoms with Crippen LogP contribution < -0.4 is 10.5 Å². The van der Waals surface area contributed by atoms with E-state index in [9.17, 15) is 4.79 Å². The third-order valence-electron chi connectivity index (χ3n) is 2.27. The average Bonchev–Trinajstić information content (AvgIpc) is 2.71. The minimum absolute atomic E-state index is 0.0582. The average molecular weight is 250 g/mol. The molecule has 1 aromatic heterocycles. The molecule has 0 radical (unpaired) electrons. The Labute approximate surface area is 102 Å². The first-order chi connectivity index (χ1) is 8.13. The van der Waals surface area contributed by atoms with E-state index in [2.05, 4.69) is 4.37 Å².